The van der Waals surface area contributed by atoms with Gasteiger partial charge in [0.1, 0.15) is 0 Å². The summed E-state index contributed by atoms with van der Waals surface area (Å²) < 4.78 is 0. The number of nitrogens with one attached hydrogen (secondary N) is 1. The summed E-state index contributed by atoms with van der Waals surface area (Å²) in [6.07, 6.45) is 1.49. The molecule has 1 amide bonds. The molecule has 20 heavy (non-hydrogen) atoms. The standard InChI is InChI=1S/C16H24N2O2/c1-12(14-7-4-3-5-8-14)17-16(20)13(2)18-10-6-9-15(19)11-18/h3-5,7-8,12-13,15,19H,6,9-11H2,1-2H3,(H,17,20). The van der Waals surface area contributed by atoms with Crippen molar-refractivity contribution in [3.63, 3.8) is 0 Å². The largest absolute Gasteiger partial charge is 0.392 e. The molecule has 1 saturated heterocycles. The van der Waals surface area contributed by atoms with Gasteiger partial charge in [-0.05, 0) is 38.8 Å². The number of piperidine rings is 1. The molecule has 0 bridgehead atoms. The van der Waals surface area contributed by atoms with Gasteiger partial charge in [-0.2, -0.15) is 0 Å². The van der Waals surface area contributed by atoms with Gasteiger partial charge in [0.15, 0.2) is 0 Å². The smallest absolute Gasteiger partial charge is 0.237 e. The van der Waals surface area contributed by atoms with Crippen LogP contribution >= 0.6 is 0 Å². The van der Waals surface area contributed by atoms with Gasteiger partial charge in [0, 0.05) is 6.54 Å². The van der Waals surface area contributed by atoms with Crippen LogP contribution in [0.2, 0.25) is 0 Å². The van der Waals surface area contributed by atoms with Crippen molar-refractivity contribution in [1.29, 1.82) is 0 Å². The Morgan fingerprint density at radius 3 is 2.70 bits per heavy atom. The lowest BCUT2D eigenvalue weighted by atomic mass is 10.1. The number of aliphatic hydroxyl groups excluding tert-OH is 1. The lowest BCUT2D eigenvalue weighted by Gasteiger charge is -2.34. The maximum atomic E-state index is 12.3. The first-order chi connectivity index (χ1) is 9.58. The Balaban J connectivity index is 1.90. The highest BCUT2D eigenvalue weighted by Crippen LogP contribution is 2.15. The molecule has 1 heterocycles. The molecule has 4 heteroatoms. The number of aliphatic hydroxyl groups is 1. The van der Waals surface area contributed by atoms with Gasteiger partial charge in [-0.1, -0.05) is 30.3 Å². The minimum atomic E-state index is -0.300. The van der Waals surface area contributed by atoms with E-state index in [1.165, 1.54) is 0 Å². The average molecular weight is 276 g/mol. The minimum absolute atomic E-state index is 0.000800. The van der Waals surface area contributed by atoms with E-state index < -0.39 is 0 Å². The maximum absolute atomic E-state index is 12.3. The monoisotopic (exact) mass is 276 g/mol. The van der Waals surface area contributed by atoms with E-state index in [1.54, 1.807) is 0 Å². The number of hydrogen-bond donors (Lipinski definition) is 2. The van der Waals surface area contributed by atoms with Crippen molar-refractivity contribution < 1.29 is 9.90 Å². The van der Waals surface area contributed by atoms with Crippen molar-refractivity contribution in [3.05, 3.63) is 35.9 Å². The molecular weight excluding hydrogens is 252 g/mol. The van der Waals surface area contributed by atoms with E-state index in [1.807, 2.05) is 44.2 Å². The molecule has 3 atom stereocenters. The molecule has 0 aromatic heterocycles. The Hall–Kier alpha value is -1.39. The number of nitrogens with zero attached hydrogens (tertiary/aromatic N) is 1. The predicted molar refractivity (Wildman–Crippen MR) is 79.3 cm³/mol. The van der Waals surface area contributed by atoms with Crippen molar-refractivity contribution in [1.82, 2.24) is 10.2 Å². The van der Waals surface area contributed by atoms with E-state index in [0.29, 0.717) is 6.54 Å². The topological polar surface area (TPSA) is 52.6 Å². The average Bonchev–Trinajstić information content (AvgIpc) is 2.47. The van der Waals surface area contributed by atoms with Crippen LogP contribution in [0.4, 0.5) is 0 Å². The molecule has 0 aliphatic carbocycles. The molecule has 4 nitrogen and oxygen atoms in total. The van der Waals surface area contributed by atoms with Gasteiger partial charge in [0.05, 0.1) is 18.2 Å². The zero-order valence-electron chi connectivity index (χ0n) is 12.2. The summed E-state index contributed by atoms with van der Waals surface area (Å²) in [6.45, 7) is 5.37. The third kappa shape index (κ3) is 3.81. The van der Waals surface area contributed by atoms with Gasteiger partial charge in [-0.3, -0.25) is 9.69 Å². The van der Waals surface area contributed by atoms with Crippen LogP contribution in [-0.4, -0.2) is 41.1 Å². The fraction of sp³-hybridized carbons (Fsp3) is 0.562. The second-order valence-corrected chi connectivity index (χ2v) is 5.61. The number of benzene rings is 1. The van der Waals surface area contributed by atoms with E-state index in [-0.39, 0.29) is 24.1 Å². The van der Waals surface area contributed by atoms with Crippen LogP contribution in [0.15, 0.2) is 30.3 Å². The summed E-state index contributed by atoms with van der Waals surface area (Å²) in [5, 5.41) is 12.7. The van der Waals surface area contributed by atoms with Gasteiger partial charge in [0.25, 0.3) is 0 Å². The van der Waals surface area contributed by atoms with Crippen molar-refractivity contribution in [2.45, 2.75) is 44.9 Å². The van der Waals surface area contributed by atoms with Crippen molar-refractivity contribution in [3.8, 4) is 0 Å². The highest BCUT2D eigenvalue weighted by Gasteiger charge is 2.27. The zero-order chi connectivity index (χ0) is 14.5. The Morgan fingerprint density at radius 2 is 2.05 bits per heavy atom. The van der Waals surface area contributed by atoms with Crippen LogP contribution < -0.4 is 5.32 Å². The molecule has 2 N–H and O–H groups in total. The van der Waals surface area contributed by atoms with Crippen LogP contribution in [-0.2, 0) is 4.79 Å². The van der Waals surface area contributed by atoms with Gasteiger partial charge in [-0.25, -0.2) is 0 Å². The van der Waals surface area contributed by atoms with Crippen LogP contribution in [0.1, 0.15) is 38.3 Å². The van der Waals surface area contributed by atoms with E-state index in [2.05, 4.69) is 10.2 Å². The zero-order valence-corrected chi connectivity index (χ0v) is 12.2. The summed E-state index contributed by atoms with van der Waals surface area (Å²) in [4.78, 5) is 14.4. The molecule has 1 aromatic carbocycles. The summed E-state index contributed by atoms with van der Waals surface area (Å²) in [5.41, 5.74) is 1.10. The number of hydrogen-bond acceptors (Lipinski definition) is 3. The molecule has 1 aliphatic rings. The SMILES string of the molecule is CC(NC(=O)C(C)N1CCCC(O)C1)c1ccccc1. The van der Waals surface area contributed by atoms with Crippen molar-refractivity contribution >= 4 is 5.91 Å². The van der Waals surface area contributed by atoms with Crippen LogP contribution in [0.3, 0.4) is 0 Å². The van der Waals surface area contributed by atoms with Gasteiger partial charge < -0.3 is 10.4 Å². The molecule has 3 unspecified atom stereocenters. The summed E-state index contributed by atoms with van der Waals surface area (Å²) in [7, 11) is 0. The van der Waals surface area contributed by atoms with E-state index in [0.717, 1.165) is 24.9 Å². The number of carbonyl (C=O) groups is 1. The van der Waals surface area contributed by atoms with Crippen LogP contribution in [0, 0.1) is 0 Å². The normalized spacial score (nSPS) is 23.1. The molecule has 1 aliphatic heterocycles. The molecule has 2 rings (SSSR count). The predicted octanol–water partition coefficient (Wildman–Crippen LogP) is 1.71. The van der Waals surface area contributed by atoms with Crippen LogP contribution in [0.25, 0.3) is 0 Å². The second kappa shape index (κ2) is 6.86. The molecule has 0 spiro atoms. The maximum Gasteiger partial charge on any atom is 0.237 e. The minimum Gasteiger partial charge on any atom is -0.392 e. The number of rotatable bonds is 4. The Labute approximate surface area is 120 Å². The molecule has 0 saturated carbocycles. The van der Waals surface area contributed by atoms with Gasteiger partial charge in [-0.15, -0.1) is 0 Å². The molecule has 0 radical (unpaired) electrons. The first kappa shape index (κ1) is 15.0. The van der Waals surface area contributed by atoms with Crippen molar-refractivity contribution in [2.24, 2.45) is 0 Å². The van der Waals surface area contributed by atoms with E-state index in [4.69, 9.17) is 0 Å². The molecular formula is C16H24N2O2. The number of amides is 1. The lowest BCUT2D eigenvalue weighted by molar-refractivity contribution is -0.127. The van der Waals surface area contributed by atoms with E-state index in [9.17, 15) is 9.90 Å². The number of likely N-dealkylation sites (tertiary alicyclic amines) is 1. The fourth-order valence-electron chi connectivity index (χ4n) is 2.66. The van der Waals surface area contributed by atoms with Gasteiger partial charge in [0.2, 0.25) is 5.91 Å². The Bertz CT molecular complexity index is 435. The van der Waals surface area contributed by atoms with Crippen molar-refractivity contribution in [2.75, 3.05) is 13.1 Å². The number of carbonyl (C=O) groups excluding carboxylic acids is 1. The molecule has 110 valence electrons. The Kier molecular flexibility index (Phi) is 5.15. The Morgan fingerprint density at radius 1 is 1.35 bits per heavy atom. The summed E-state index contributed by atoms with van der Waals surface area (Å²) in [6, 6.07) is 9.75. The summed E-state index contributed by atoms with van der Waals surface area (Å²) >= 11 is 0. The summed E-state index contributed by atoms with van der Waals surface area (Å²) in [5.74, 6) is 0.0236. The highest BCUT2D eigenvalue weighted by atomic mass is 16.3. The first-order valence-electron chi connectivity index (χ1n) is 7.35. The molecule has 1 fully saturated rings. The number of β-amino-alcohol motifs (C(OH)–C–C–N with tert-alkyl or cyclic N) is 1. The van der Waals surface area contributed by atoms with Crippen LogP contribution in [0.5, 0.6) is 0 Å². The second-order valence-electron chi connectivity index (χ2n) is 5.61. The molecule has 1 aromatic rings. The highest BCUT2D eigenvalue weighted by molar-refractivity contribution is 5.81. The van der Waals surface area contributed by atoms with Gasteiger partial charge >= 0.3 is 0 Å². The third-order valence-corrected chi connectivity index (χ3v) is 4.01. The van der Waals surface area contributed by atoms with E-state index >= 15 is 0 Å². The third-order valence-electron chi connectivity index (χ3n) is 4.01. The first-order valence-corrected chi connectivity index (χ1v) is 7.35. The fourth-order valence-corrected chi connectivity index (χ4v) is 2.66. The lowest BCUT2D eigenvalue weighted by Crippen LogP contribution is -2.50. The quantitative estimate of drug-likeness (QED) is 0.880.